The van der Waals surface area contributed by atoms with Crippen molar-refractivity contribution >= 4 is 11.8 Å². The lowest BCUT2D eigenvalue weighted by Gasteiger charge is -2.24. The van der Waals surface area contributed by atoms with Gasteiger partial charge in [0.1, 0.15) is 0 Å². The highest BCUT2D eigenvalue weighted by Crippen LogP contribution is 2.15. The first kappa shape index (κ1) is 43.4. The molecule has 0 fully saturated rings. The Balaban J connectivity index is 0. The minimum atomic E-state index is -0.0766. The summed E-state index contributed by atoms with van der Waals surface area (Å²) in [6.45, 7) is 4.54. The zero-order valence-electron chi connectivity index (χ0n) is 28.8. The van der Waals surface area contributed by atoms with Crippen molar-refractivity contribution in [3.05, 3.63) is 24.3 Å². The van der Waals surface area contributed by atoms with Crippen LogP contribution in [0.25, 0.3) is 0 Å². The van der Waals surface area contributed by atoms with E-state index in [-0.39, 0.29) is 33.3 Å². The van der Waals surface area contributed by atoms with Crippen LogP contribution in [0, 0.1) is 0 Å². The quantitative estimate of drug-likeness (QED) is 0.0440. The van der Waals surface area contributed by atoms with Gasteiger partial charge >= 0.3 is 11.8 Å². The number of hydrogen-bond acceptors (Lipinski definition) is 2. The maximum absolute atomic E-state index is 12.7. The fourth-order valence-corrected chi connectivity index (χ4v) is 5.39. The number of quaternary nitrogens is 1. The molecule has 0 atom stereocenters. The second-order valence-corrected chi connectivity index (χ2v) is 12.9. The first-order valence-corrected chi connectivity index (χ1v) is 18.2. The van der Waals surface area contributed by atoms with Gasteiger partial charge < -0.3 is 17.0 Å². The summed E-state index contributed by atoms with van der Waals surface area (Å²) < 4.78 is -0.0766. The third kappa shape index (κ3) is 28.1. The van der Waals surface area contributed by atoms with Crippen molar-refractivity contribution in [3.63, 3.8) is 0 Å². The van der Waals surface area contributed by atoms with Gasteiger partial charge in [0.2, 0.25) is 0 Å². The normalized spacial score (nSPS) is 11.9. The maximum Gasteiger partial charge on any atom is 0.320 e. The molecule has 0 unspecified atom stereocenters. The van der Waals surface area contributed by atoms with Crippen molar-refractivity contribution in [1.82, 2.24) is 0 Å². The van der Waals surface area contributed by atoms with Gasteiger partial charge in [0.25, 0.3) is 0 Å². The lowest BCUT2D eigenvalue weighted by atomic mass is 10.1. The van der Waals surface area contributed by atoms with E-state index in [1.165, 1.54) is 141 Å². The van der Waals surface area contributed by atoms with Gasteiger partial charge in [-0.25, -0.2) is 14.1 Å². The predicted octanol–water partition coefficient (Wildman–Crippen LogP) is 9.20. The first-order chi connectivity index (χ1) is 20.0. The van der Waals surface area contributed by atoms with Crippen LogP contribution in [0.3, 0.4) is 0 Å². The van der Waals surface area contributed by atoms with Crippen LogP contribution >= 0.6 is 0 Å². The lowest BCUT2D eigenvalue weighted by molar-refractivity contribution is -0.736. The second kappa shape index (κ2) is 33.2. The van der Waals surface area contributed by atoms with Crippen LogP contribution in [0.2, 0.25) is 0 Å². The number of halogens is 1. The number of carbonyl (C=O) groups is 2. The third-order valence-electron chi connectivity index (χ3n) is 8.55. The first-order valence-electron chi connectivity index (χ1n) is 18.2. The van der Waals surface area contributed by atoms with Gasteiger partial charge in [-0.05, 0) is 64.2 Å². The molecule has 0 aliphatic carbocycles. The molecule has 42 heavy (non-hydrogen) atoms. The SMILES string of the molecule is CCCCCCCCC=CCCCCCCCC(=O)[N+](C)(C)C(=O)CCCCCCCC=CCCCCCCCC.[Br-]. The molecule has 0 aliphatic heterocycles. The van der Waals surface area contributed by atoms with Crippen LogP contribution in [-0.4, -0.2) is 30.4 Å². The maximum atomic E-state index is 12.7. The molecule has 0 bridgehead atoms. The summed E-state index contributed by atoms with van der Waals surface area (Å²) in [5.41, 5.74) is 0. The van der Waals surface area contributed by atoms with Crippen LogP contribution in [0.15, 0.2) is 24.3 Å². The molecule has 3 nitrogen and oxygen atoms in total. The fourth-order valence-electron chi connectivity index (χ4n) is 5.39. The highest BCUT2D eigenvalue weighted by atomic mass is 79.9. The number of imide groups is 1. The highest BCUT2D eigenvalue weighted by molar-refractivity contribution is 5.84. The van der Waals surface area contributed by atoms with E-state index >= 15 is 0 Å². The Morgan fingerprint density at radius 2 is 0.643 bits per heavy atom. The summed E-state index contributed by atoms with van der Waals surface area (Å²) in [5, 5.41) is 0. The van der Waals surface area contributed by atoms with Crippen molar-refractivity contribution in [1.29, 1.82) is 0 Å². The van der Waals surface area contributed by atoms with Gasteiger partial charge in [-0.3, -0.25) is 0 Å². The summed E-state index contributed by atoms with van der Waals surface area (Å²) in [7, 11) is 3.58. The average molecular weight is 655 g/mol. The topological polar surface area (TPSA) is 34.1 Å². The molecule has 0 aromatic heterocycles. The van der Waals surface area contributed by atoms with Crippen molar-refractivity contribution in [3.8, 4) is 0 Å². The van der Waals surface area contributed by atoms with Gasteiger partial charge in [-0.15, -0.1) is 0 Å². The molecule has 2 amide bonds. The summed E-state index contributed by atoms with van der Waals surface area (Å²) in [6.07, 6.45) is 43.1. The molecule has 0 saturated carbocycles. The van der Waals surface area contributed by atoms with Crippen LogP contribution in [0.1, 0.15) is 194 Å². The Labute approximate surface area is 274 Å². The molecule has 0 saturated heterocycles. The van der Waals surface area contributed by atoms with E-state index in [2.05, 4.69) is 38.2 Å². The molecule has 0 heterocycles. The van der Waals surface area contributed by atoms with Crippen LogP contribution in [-0.2, 0) is 9.59 Å². The van der Waals surface area contributed by atoms with E-state index in [1.807, 2.05) is 0 Å². The van der Waals surface area contributed by atoms with Gasteiger partial charge in [0, 0.05) is 0 Å². The third-order valence-corrected chi connectivity index (χ3v) is 8.55. The average Bonchev–Trinajstić information content (AvgIpc) is 2.96. The number of amides is 2. The molecule has 0 radical (unpaired) electrons. The summed E-state index contributed by atoms with van der Waals surface area (Å²) >= 11 is 0. The molecule has 0 aromatic rings. The molecule has 4 heteroatoms. The van der Waals surface area contributed by atoms with Crippen molar-refractivity contribution in [2.24, 2.45) is 0 Å². The summed E-state index contributed by atoms with van der Waals surface area (Å²) in [6, 6.07) is 0. The predicted molar refractivity (Wildman–Crippen MR) is 181 cm³/mol. The number of carbonyl (C=O) groups excluding carboxylic acids is 2. The van der Waals surface area contributed by atoms with E-state index in [0.717, 1.165) is 25.7 Å². The standard InChI is InChI=1S/C38H72NO2.BrH/c1-5-7-9-11-13-15-17-19-21-23-25-27-29-31-33-35-37(40)39(3,4)38(41)36-34-32-30-28-26-24-22-20-18-16-14-12-10-8-6-2;/h19-22H,5-18,23-36H2,1-4H3;1H/q+1;/p-1. The van der Waals surface area contributed by atoms with Gasteiger partial charge in [-0.2, -0.15) is 0 Å². The van der Waals surface area contributed by atoms with E-state index in [0.29, 0.717) is 12.8 Å². The van der Waals surface area contributed by atoms with Crippen LogP contribution < -0.4 is 17.0 Å². The summed E-state index contributed by atoms with van der Waals surface area (Å²) in [4.78, 5) is 25.5. The van der Waals surface area contributed by atoms with Crippen molar-refractivity contribution in [2.75, 3.05) is 14.1 Å². The number of hydrogen-bond donors (Lipinski definition) is 0. The Hall–Kier alpha value is -0.740. The highest BCUT2D eigenvalue weighted by Gasteiger charge is 2.33. The molecular formula is C38H72BrNO2. The summed E-state index contributed by atoms with van der Waals surface area (Å²) in [5.74, 6) is 0.167. The molecular weight excluding hydrogens is 582 g/mol. The van der Waals surface area contributed by atoms with Gasteiger partial charge in [-0.1, -0.05) is 141 Å². The number of allylic oxidation sites excluding steroid dienone is 4. The molecule has 0 rings (SSSR count). The Morgan fingerprint density at radius 3 is 0.929 bits per heavy atom. The lowest BCUT2D eigenvalue weighted by Crippen LogP contribution is -3.00. The smallest absolute Gasteiger partial charge is 0.320 e. The molecule has 248 valence electrons. The van der Waals surface area contributed by atoms with E-state index in [9.17, 15) is 9.59 Å². The van der Waals surface area contributed by atoms with E-state index in [4.69, 9.17) is 0 Å². The monoisotopic (exact) mass is 653 g/mol. The zero-order chi connectivity index (χ0) is 30.3. The Bertz CT molecular complexity index is 601. The molecule has 0 aromatic carbocycles. The molecule has 0 aliphatic rings. The van der Waals surface area contributed by atoms with Crippen LogP contribution in [0.5, 0.6) is 0 Å². The van der Waals surface area contributed by atoms with Gasteiger partial charge in [0.05, 0.1) is 26.9 Å². The number of rotatable bonds is 30. The van der Waals surface area contributed by atoms with Gasteiger partial charge in [0.15, 0.2) is 0 Å². The number of unbranched alkanes of at least 4 members (excludes halogenated alkanes) is 22. The fraction of sp³-hybridized carbons (Fsp3) is 0.842. The Kier molecular flexibility index (Phi) is 34.3. The molecule has 0 spiro atoms. The van der Waals surface area contributed by atoms with E-state index in [1.54, 1.807) is 14.1 Å². The minimum absolute atomic E-state index is 0. The van der Waals surface area contributed by atoms with Crippen molar-refractivity contribution in [2.45, 2.75) is 194 Å². The van der Waals surface area contributed by atoms with Crippen LogP contribution in [0.4, 0.5) is 0 Å². The molecule has 0 N–H and O–H groups in total. The number of nitrogens with zero attached hydrogens (tertiary/aromatic N) is 1. The minimum Gasteiger partial charge on any atom is -1.00 e. The van der Waals surface area contributed by atoms with Crippen molar-refractivity contribution < 1.29 is 31.1 Å². The second-order valence-electron chi connectivity index (χ2n) is 12.9. The Morgan fingerprint density at radius 1 is 0.405 bits per heavy atom. The largest absolute Gasteiger partial charge is 1.00 e. The van der Waals surface area contributed by atoms with E-state index < -0.39 is 0 Å². The zero-order valence-corrected chi connectivity index (χ0v) is 30.3.